The Hall–Kier alpha value is -5.08. The van der Waals surface area contributed by atoms with Crippen molar-refractivity contribution in [3.8, 4) is 5.75 Å². The van der Waals surface area contributed by atoms with Crippen LogP contribution in [0.1, 0.15) is 43.6 Å². The number of benzene rings is 2. The molecule has 0 aromatic heterocycles. The van der Waals surface area contributed by atoms with E-state index in [1.165, 1.54) is 19.1 Å². The van der Waals surface area contributed by atoms with E-state index >= 15 is 0 Å². The summed E-state index contributed by atoms with van der Waals surface area (Å²) in [5, 5.41) is 4.93. The highest BCUT2D eigenvalue weighted by molar-refractivity contribution is 6.34. The molecule has 12 nitrogen and oxygen atoms in total. The number of fused-ring (bicyclic) bond motifs is 1. The lowest BCUT2D eigenvalue weighted by molar-refractivity contribution is -0.170. The predicted molar refractivity (Wildman–Crippen MR) is 161 cm³/mol. The van der Waals surface area contributed by atoms with Gasteiger partial charge in [0, 0.05) is 17.5 Å². The Bertz CT molecular complexity index is 1560. The summed E-state index contributed by atoms with van der Waals surface area (Å²) in [5.74, 6) is -3.27. The van der Waals surface area contributed by atoms with E-state index in [4.69, 9.17) is 10.5 Å². The van der Waals surface area contributed by atoms with Crippen molar-refractivity contribution in [1.82, 2.24) is 10.6 Å². The Labute approximate surface area is 256 Å². The van der Waals surface area contributed by atoms with Gasteiger partial charge in [-0.15, -0.1) is 0 Å². The molecule has 2 aliphatic rings. The van der Waals surface area contributed by atoms with Crippen molar-refractivity contribution in [2.75, 3.05) is 11.4 Å². The van der Waals surface area contributed by atoms with Gasteiger partial charge >= 0.3 is 12.1 Å². The second-order valence-corrected chi connectivity index (χ2v) is 11.4. The van der Waals surface area contributed by atoms with Gasteiger partial charge in [-0.1, -0.05) is 12.1 Å². The van der Waals surface area contributed by atoms with E-state index in [1.807, 2.05) is 20.8 Å². The largest absolute Gasteiger partial charge is 0.488 e. The zero-order valence-electron chi connectivity index (χ0n) is 24.9. The zero-order chi connectivity index (χ0) is 33.1. The van der Waals surface area contributed by atoms with E-state index in [9.17, 15) is 32.3 Å². The fraction of sp³-hybridized carbons (Fsp3) is 0.367. The molecule has 2 unspecified atom stereocenters. The molecule has 0 radical (unpaired) electrons. The van der Waals surface area contributed by atoms with Crippen LogP contribution in [0.3, 0.4) is 0 Å². The van der Waals surface area contributed by atoms with Crippen LogP contribution in [-0.4, -0.2) is 78.0 Å². The first kappa shape index (κ1) is 32.8. The summed E-state index contributed by atoms with van der Waals surface area (Å²) in [4.78, 5) is 62.5. The Morgan fingerprint density at radius 2 is 1.69 bits per heavy atom. The molecule has 2 aromatic carbocycles. The number of carbonyl (C=O) groups excluding carboxylic acids is 4. The third-order valence-corrected chi connectivity index (χ3v) is 6.59. The molecule has 0 saturated carbocycles. The fourth-order valence-corrected chi connectivity index (χ4v) is 4.49. The van der Waals surface area contributed by atoms with Crippen molar-refractivity contribution in [1.29, 1.82) is 0 Å². The van der Waals surface area contributed by atoms with Gasteiger partial charge in [-0.05, 0) is 76.1 Å². The molecule has 0 spiro atoms. The number of guanidine groups is 1. The average Bonchev–Trinajstić information content (AvgIpc) is 2.95. The lowest BCUT2D eigenvalue weighted by Gasteiger charge is -2.28. The van der Waals surface area contributed by atoms with Crippen molar-refractivity contribution < 1.29 is 37.1 Å². The van der Waals surface area contributed by atoms with Crippen LogP contribution >= 0.6 is 0 Å². The van der Waals surface area contributed by atoms with Gasteiger partial charge in [-0.3, -0.25) is 39.4 Å². The number of alkyl halides is 3. The van der Waals surface area contributed by atoms with E-state index in [-0.39, 0.29) is 40.7 Å². The van der Waals surface area contributed by atoms with Gasteiger partial charge in [0.2, 0.25) is 0 Å². The Balaban J connectivity index is 1.48. The molecule has 2 heterocycles. The van der Waals surface area contributed by atoms with Crippen LogP contribution in [0, 0.1) is 0 Å². The quantitative estimate of drug-likeness (QED) is 0.386. The van der Waals surface area contributed by atoms with E-state index in [2.05, 4.69) is 25.6 Å². The molecule has 4 N–H and O–H groups in total. The highest BCUT2D eigenvalue weighted by atomic mass is 19.4. The Morgan fingerprint density at radius 1 is 1.04 bits per heavy atom. The number of carbonyl (C=O) groups is 4. The molecule has 4 rings (SSSR count). The van der Waals surface area contributed by atoms with Crippen molar-refractivity contribution >= 4 is 47.1 Å². The maximum absolute atomic E-state index is 13.5. The van der Waals surface area contributed by atoms with E-state index in [1.54, 1.807) is 24.3 Å². The Morgan fingerprint density at radius 3 is 2.27 bits per heavy atom. The van der Waals surface area contributed by atoms with Crippen LogP contribution in [0.25, 0.3) is 0 Å². The average molecular weight is 628 g/mol. The van der Waals surface area contributed by atoms with Gasteiger partial charge in [0.25, 0.3) is 11.8 Å². The van der Waals surface area contributed by atoms with Crippen LogP contribution in [0.15, 0.2) is 63.5 Å². The molecule has 2 aromatic rings. The third kappa shape index (κ3) is 8.52. The first-order valence-electron chi connectivity index (χ1n) is 13.8. The minimum atomic E-state index is -5.24. The van der Waals surface area contributed by atoms with Gasteiger partial charge in [0.1, 0.15) is 11.4 Å². The summed E-state index contributed by atoms with van der Waals surface area (Å²) in [6.07, 6.45) is -4.88. The second kappa shape index (κ2) is 12.9. The Kier molecular flexibility index (Phi) is 9.39. The predicted octanol–water partition coefficient (Wildman–Crippen LogP) is 2.35. The number of nitrogens with one attached hydrogen (secondary N) is 2. The third-order valence-electron chi connectivity index (χ3n) is 6.59. The molecule has 238 valence electrons. The van der Waals surface area contributed by atoms with Crippen LogP contribution in [0.4, 0.5) is 18.9 Å². The summed E-state index contributed by atoms with van der Waals surface area (Å²) < 4.78 is 46.4. The van der Waals surface area contributed by atoms with Gasteiger partial charge in [-0.25, -0.2) is 4.99 Å². The fourth-order valence-electron chi connectivity index (χ4n) is 4.49. The number of anilines is 1. The summed E-state index contributed by atoms with van der Waals surface area (Å²) >= 11 is 0. The molecular formula is C30H32F3N7O5. The molecular weight excluding hydrogens is 595 g/mol. The summed E-state index contributed by atoms with van der Waals surface area (Å²) in [5.41, 5.74) is 5.68. The minimum Gasteiger partial charge on any atom is -0.488 e. The summed E-state index contributed by atoms with van der Waals surface area (Å²) in [6.45, 7) is 6.42. The summed E-state index contributed by atoms with van der Waals surface area (Å²) in [6, 6.07) is 9.87. The number of amides is 3. The second-order valence-electron chi connectivity index (χ2n) is 11.4. The van der Waals surface area contributed by atoms with E-state index < -0.39 is 48.7 Å². The van der Waals surface area contributed by atoms with Crippen LogP contribution in [0.2, 0.25) is 0 Å². The number of hydrogen-bond donors (Lipinski definition) is 3. The monoisotopic (exact) mass is 627 g/mol. The van der Waals surface area contributed by atoms with Crippen molar-refractivity contribution in [3.05, 3.63) is 59.7 Å². The minimum absolute atomic E-state index is 0.0482. The lowest BCUT2D eigenvalue weighted by atomic mass is 10.0. The number of nitrogens with two attached hydrogens (primary N) is 1. The SMILES string of the molecule is CC(=O)[C@H](Cc1ccc(OC(C)(C)C)cc1)NC(=O)c1ccc(N(CC2=NC3C(=O)NC(N)=NC3N=C2)C(=O)C(F)(F)F)cc1. The van der Waals surface area contributed by atoms with Gasteiger partial charge in [0.05, 0.1) is 18.3 Å². The molecule has 3 atom stereocenters. The van der Waals surface area contributed by atoms with Gasteiger partial charge in [0.15, 0.2) is 24.0 Å². The molecule has 2 aliphatic heterocycles. The first-order valence-corrected chi connectivity index (χ1v) is 13.8. The molecule has 45 heavy (non-hydrogen) atoms. The summed E-state index contributed by atoms with van der Waals surface area (Å²) in [7, 11) is 0. The molecule has 15 heteroatoms. The molecule has 0 aliphatic carbocycles. The van der Waals surface area contributed by atoms with Crippen LogP contribution in [0.5, 0.6) is 5.75 Å². The maximum Gasteiger partial charge on any atom is 0.471 e. The zero-order valence-corrected chi connectivity index (χ0v) is 24.9. The lowest BCUT2D eigenvalue weighted by Crippen LogP contribution is -2.53. The molecule has 3 amide bonds. The van der Waals surface area contributed by atoms with Gasteiger partial charge < -0.3 is 15.8 Å². The van der Waals surface area contributed by atoms with Crippen molar-refractivity contribution in [2.24, 2.45) is 20.7 Å². The van der Waals surface area contributed by atoms with Crippen molar-refractivity contribution in [2.45, 2.75) is 64.1 Å². The number of aliphatic imine (C=N–C) groups is 3. The smallest absolute Gasteiger partial charge is 0.471 e. The van der Waals surface area contributed by atoms with Crippen molar-refractivity contribution in [3.63, 3.8) is 0 Å². The van der Waals surface area contributed by atoms with Gasteiger partial charge in [-0.2, -0.15) is 13.2 Å². The number of Topliss-reactive ketones (excluding diaryl/α,β-unsaturated/α-hetero) is 1. The molecule has 0 saturated heterocycles. The first-order chi connectivity index (χ1) is 21.0. The number of nitrogens with zero attached hydrogens (tertiary/aromatic N) is 4. The van der Waals surface area contributed by atoms with E-state index in [0.29, 0.717) is 10.6 Å². The number of ketones is 1. The maximum atomic E-state index is 13.5. The highest BCUT2D eigenvalue weighted by Crippen LogP contribution is 2.25. The van der Waals surface area contributed by atoms with E-state index in [0.717, 1.165) is 23.9 Å². The highest BCUT2D eigenvalue weighted by Gasteiger charge is 2.44. The number of ether oxygens (including phenoxy) is 1. The van der Waals surface area contributed by atoms with Crippen LogP contribution in [-0.2, 0) is 20.8 Å². The number of hydrogen-bond acceptors (Lipinski definition) is 9. The standard InChI is InChI=1S/C30H32F3N7O5/c1-16(41)22(13-17-5-11-21(12-6-17)45-29(2,3)4)37-25(42)18-7-9-20(10-8-18)40(27(44)30(31,32)33)15-19-14-35-24-23(36-19)26(43)39-28(34)38-24/h5-12,14,22-24H,13,15H2,1-4H3,(H,37,42)(H3,34,38,39,43)/t22-,23?,24?/m0/s1. The normalized spacial score (nSPS) is 18.5. The number of rotatable bonds is 9. The van der Waals surface area contributed by atoms with Crippen LogP contribution < -0.4 is 26.0 Å². The topological polar surface area (TPSA) is 168 Å². The molecule has 0 bridgehead atoms. The molecule has 0 fully saturated rings. The number of halogens is 3.